The Bertz CT molecular complexity index is 731. The number of urea groups is 1. The van der Waals surface area contributed by atoms with Gasteiger partial charge in [-0.2, -0.15) is 0 Å². The summed E-state index contributed by atoms with van der Waals surface area (Å²) in [6.45, 7) is 5.15. The second-order valence-corrected chi connectivity index (χ2v) is 6.47. The first-order chi connectivity index (χ1) is 11.5. The van der Waals surface area contributed by atoms with Gasteiger partial charge in [0.05, 0.1) is 17.4 Å². The van der Waals surface area contributed by atoms with Crippen molar-refractivity contribution in [1.29, 1.82) is 0 Å². The fourth-order valence-corrected chi connectivity index (χ4v) is 2.97. The molecule has 0 atom stereocenters. The molecule has 0 aliphatic carbocycles. The maximum atomic E-state index is 12.6. The predicted molar refractivity (Wildman–Crippen MR) is 91.8 cm³/mol. The Kier molecular flexibility index (Phi) is 4.69. The van der Waals surface area contributed by atoms with Crippen molar-refractivity contribution in [3.63, 3.8) is 0 Å². The number of hydrogen-bond acceptors (Lipinski definition) is 3. The Labute approximate surface area is 140 Å². The van der Waals surface area contributed by atoms with Gasteiger partial charge in [-0.3, -0.25) is 4.79 Å². The van der Waals surface area contributed by atoms with Gasteiger partial charge in [0.1, 0.15) is 0 Å². The lowest BCUT2D eigenvalue weighted by atomic mass is 10.0. The van der Waals surface area contributed by atoms with Crippen LogP contribution < -0.4 is 10.6 Å². The third-order valence-corrected chi connectivity index (χ3v) is 4.20. The van der Waals surface area contributed by atoms with Gasteiger partial charge in [0, 0.05) is 30.7 Å². The van der Waals surface area contributed by atoms with Gasteiger partial charge < -0.3 is 20.5 Å². The highest BCUT2D eigenvalue weighted by Crippen LogP contribution is 2.17. The molecule has 0 saturated carbocycles. The van der Waals surface area contributed by atoms with E-state index >= 15 is 0 Å². The summed E-state index contributed by atoms with van der Waals surface area (Å²) in [5, 5.41) is 5.79. The van der Waals surface area contributed by atoms with E-state index in [9.17, 15) is 9.59 Å². The number of imidazole rings is 1. The fraction of sp³-hybridized carbons (Fsp3) is 0.471. The minimum atomic E-state index is -0.139. The van der Waals surface area contributed by atoms with Crippen molar-refractivity contribution in [2.75, 3.05) is 13.1 Å². The Morgan fingerprint density at radius 3 is 2.75 bits per heavy atom. The highest BCUT2D eigenvalue weighted by atomic mass is 16.2. The van der Waals surface area contributed by atoms with Crippen molar-refractivity contribution in [2.45, 2.75) is 38.8 Å². The number of likely N-dealkylation sites (tertiary alicyclic amines) is 1. The Hall–Kier alpha value is -2.57. The molecule has 24 heavy (non-hydrogen) atoms. The molecule has 0 bridgehead atoms. The minimum absolute atomic E-state index is 0.0246. The summed E-state index contributed by atoms with van der Waals surface area (Å²) in [6.07, 6.45) is 3.16. The van der Waals surface area contributed by atoms with Gasteiger partial charge >= 0.3 is 6.03 Å². The summed E-state index contributed by atoms with van der Waals surface area (Å²) < 4.78 is 0. The summed E-state index contributed by atoms with van der Waals surface area (Å²) >= 11 is 0. The number of rotatable bonds is 3. The summed E-state index contributed by atoms with van der Waals surface area (Å²) in [5.41, 5.74) is 2.38. The Morgan fingerprint density at radius 2 is 2.04 bits per heavy atom. The Balaban J connectivity index is 1.56. The SMILES string of the molecule is CC(C)NC(=O)NC1CCN(C(=O)c2ccc3nc[nH]c3c2)CC1. The van der Waals surface area contributed by atoms with Crippen molar-refractivity contribution in [3.05, 3.63) is 30.1 Å². The second-order valence-electron chi connectivity index (χ2n) is 6.47. The van der Waals surface area contributed by atoms with Gasteiger partial charge in [0.2, 0.25) is 0 Å². The molecule has 7 heteroatoms. The van der Waals surface area contributed by atoms with E-state index in [0.29, 0.717) is 18.7 Å². The number of benzene rings is 1. The lowest BCUT2D eigenvalue weighted by molar-refractivity contribution is 0.0708. The average Bonchev–Trinajstić information content (AvgIpc) is 3.01. The average molecular weight is 329 g/mol. The molecule has 2 aromatic rings. The molecular weight excluding hydrogens is 306 g/mol. The van der Waals surface area contributed by atoms with Gasteiger partial charge in [-0.05, 0) is 44.9 Å². The number of carbonyl (C=O) groups excluding carboxylic acids is 2. The van der Waals surface area contributed by atoms with Crippen LogP contribution in [0.1, 0.15) is 37.0 Å². The van der Waals surface area contributed by atoms with Crippen LogP contribution in [-0.4, -0.2) is 52.0 Å². The van der Waals surface area contributed by atoms with E-state index in [4.69, 9.17) is 0 Å². The Morgan fingerprint density at radius 1 is 1.29 bits per heavy atom. The number of nitrogens with one attached hydrogen (secondary N) is 3. The van der Waals surface area contributed by atoms with Crippen molar-refractivity contribution in [3.8, 4) is 0 Å². The van der Waals surface area contributed by atoms with Crippen LogP contribution in [0.4, 0.5) is 4.79 Å². The molecule has 1 fully saturated rings. The first-order valence-electron chi connectivity index (χ1n) is 8.32. The van der Waals surface area contributed by atoms with E-state index < -0.39 is 0 Å². The quantitative estimate of drug-likeness (QED) is 0.803. The van der Waals surface area contributed by atoms with E-state index in [1.165, 1.54) is 0 Å². The summed E-state index contributed by atoms with van der Waals surface area (Å²) in [6, 6.07) is 5.59. The third kappa shape index (κ3) is 3.67. The zero-order valence-electron chi connectivity index (χ0n) is 14.0. The number of hydrogen-bond donors (Lipinski definition) is 3. The molecule has 1 aliphatic rings. The maximum Gasteiger partial charge on any atom is 0.315 e. The van der Waals surface area contributed by atoms with E-state index in [0.717, 1.165) is 23.9 Å². The van der Waals surface area contributed by atoms with E-state index in [2.05, 4.69) is 20.6 Å². The summed E-state index contributed by atoms with van der Waals surface area (Å²) in [4.78, 5) is 33.4. The molecular formula is C17H23N5O2. The normalized spacial score (nSPS) is 15.7. The molecule has 1 aromatic carbocycles. The molecule has 128 valence electrons. The molecule has 1 aliphatic heterocycles. The highest BCUT2D eigenvalue weighted by Gasteiger charge is 2.24. The van der Waals surface area contributed by atoms with Gasteiger partial charge in [-0.25, -0.2) is 9.78 Å². The van der Waals surface area contributed by atoms with Crippen molar-refractivity contribution in [2.24, 2.45) is 0 Å². The van der Waals surface area contributed by atoms with Crippen LogP contribution >= 0.6 is 0 Å². The zero-order chi connectivity index (χ0) is 17.1. The number of carbonyl (C=O) groups is 2. The lowest BCUT2D eigenvalue weighted by Crippen LogP contribution is -2.50. The lowest BCUT2D eigenvalue weighted by Gasteiger charge is -2.32. The maximum absolute atomic E-state index is 12.6. The van der Waals surface area contributed by atoms with Crippen LogP contribution in [0.3, 0.4) is 0 Å². The van der Waals surface area contributed by atoms with Gasteiger partial charge in [-0.1, -0.05) is 0 Å². The number of nitrogens with zero attached hydrogens (tertiary/aromatic N) is 2. The first kappa shape index (κ1) is 16.3. The van der Waals surface area contributed by atoms with Crippen molar-refractivity contribution < 1.29 is 9.59 Å². The third-order valence-electron chi connectivity index (χ3n) is 4.20. The minimum Gasteiger partial charge on any atom is -0.345 e. The number of piperidine rings is 1. The summed E-state index contributed by atoms with van der Waals surface area (Å²) in [7, 11) is 0. The van der Waals surface area contributed by atoms with Crippen molar-refractivity contribution in [1.82, 2.24) is 25.5 Å². The van der Waals surface area contributed by atoms with Crippen LogP contribution in [0.25, 0.3) is 11.0 Å². The first-order valence-corrected chi connectivity index (χ1v) is 8.32. The van der Waals surface area contributed by atoms with Gasteiger partial charge in [0.15, 0.2) is 0 Å². The molecule has 1 aromatic heterocycles. The van der Waals surface area contributed by atoms with Gasteiger partial charge in [0.25, 0.3) is 5.91 Å². The van der Waals surface area contributed by atoms with E-state index in [1.54, 1.807) is 6.33 Å². The standard InChI is InChI=1S/C17H23N5O2/c1-11(2)20-17(24)21-13-5-7-22(8-6-13)16(23)12-3-4-14-15(9-12)19-10-18-14/h3-4,9-11,13H,5-8H2,1-2H3,(H,18,19)(H2,20,21,24). The molecule has 2 heterocycles. The summed E-state index contributed by atoms with van der Waals surface area (Å²) in [5.74, 6) is 0.0246. The van der Waals surface area contributed by atoms with Crippen molar-refractivity contribution >= 4 is 23.0 Å². The predicted octanol–water partition coefficient (Wildman–Crippen LogP) is 1.88. The molecule has 0 unspecified atom stereocenters. The smallest absolute Gasteiger partial charge is 0.315 e. The fourth-order valence-electron chi connectivity index (χ4n) is 2.97. The number of aromatic amines is 1. The molecule has 1 saturated heterocycles. The monoisotopic (exact) mass is 329 g/mol. The van der Waals surface area contributed by atoms with Crippen LogP contribution in [0, 0.1) is 0 Å². The number of fused-ring (bicyclic) bond motifs is 1. The molecule has 3 rings (SSSR count). The molecule has 3 N–H and O–H groups in total. The number of H-pyrrole nitrogens is 1. The number of amides is 3. The number of aromatic nitrogens is 2. The topological polar surface area (TPSA) is 90.1 Å². The van der Waals surface area contributed by atoms with Crippen LogP contribution in [-0.2, 0) is 0 Å². The molecule has 7 nitrogen and oxygen atoms in total. The largest absolute Gasteiger partial charge is 0.345 e. The zero-order valence-corrected chi connectivity index (χ0v) is 14.0. The van der Waals surface area contributed by atoms with Crippen LogP contribution in [0.15, 0.2) is 24.5 Å². The highest BCUT2D eigenvalue weighted by molar-refractivity contribution is 5.97. The molecule has 0 radical (unpaired) electrons. The van der Waals surface area contributed by atoms with Crippen LogP contribution in [0.5, 0.6) is 0 Å². The molecule has 3 amide bonds. The molecule has 0 spiro atoms. The van der Waals surface area contributed by atoms with E-state index in [1.807, 2.05) is 36.9 Å². The van der Waals surface area contributed by atoms with E-state index in [-0.39, 0.29) is 24.0 Å². The van der Waals surface area contributed by atoms with Crippen LogP contribution in [0.2, 0.25) is 0 Å². The van der Waals surface area contributed by atoms with Gasteiger partial charge in [-0.15, -0.1) is 0 Å². The second kappa shape index (κ2) is 6.90.